The fraction of sp³-hybridized carbons (Fsp3) is 0.733. The van der Waals surface area contributed by atoms with Gasteiger partial charge in [-0.25, -0.2) is 0 Å². The molecule has 2 nitrogen and oxygen atoms in total. The molecular formula is C15H20O2. The Kier molecular flexibility index (Phi) is 1.91. The van der Waals surface area contributed by atoms with E-state index in [0.717, 1.165) is 6.42 Å². The van der Waals surface area contributed by atoms with Gasteiger partial charge >= 0.3 is 0 Å². The van der Waals surface area contributed by atoms with Crippen molar-refractivity contribution in [2.75, 3.05) is 0 Å². The maximum Gasteiger partial charge on any atom is 0.142 e. The first-order chi connectivity index (χ1) is 7.77. The summed E-state index contributed by atoms with van der Waals surface area (Å²) >= 11 is 0. The van der Waals surface area contributed by atoms with E-state index >= 15 is 0 Å². The van der Waals surface area contributed by atoms with Gasteiger partial charge in [-0.05, 0) is 24.7 Å². The van der Waals surface area contributed by atoms with Crippen LogP contribution in [0.3, 0.4) is 0 Å². The molecule has 3 aliphatic carbocycles. The van der Waals surface area contributed by atoms with Crippen molar-refractivity contribution in [2.24, 2.45) is 28.6 Å². The molecule has 0 spiro atoms. The zero-order valence-corrected chi connectivity index (χ0v) is 11.0. The minimum atomic E-state index is -0.206. The Labute approximate surface area is 102 Å². The number of Topliss-reactive ketones (excluding diaryl/α,β-unsaturated/α-hetero) is 2. The Morgan fingerprint density at radius 3 is 2.47 bits per heavy atom. The van der Waals surface area contributed by atoms with E-state index in [9.17, 15) is 9.59 Å². The van der Waals surface area contributed by atoms with Gasteiger partial charge in [0.15, 0.2) is 0 Å². The van der Waals surface area contributed by atoms with Crippen LogP contribution in [0.2, 0.25) is 0 Å². The molecule has 4 atom stereocenters. The summed E-state index contributed by atoms with van der Waals surface area (Å²) in [4.78, 5) is 24.3. The highest BCUT2D eigenvalue weighted by molar-refractivity contribution is 5.98. The monoisotopic (exact) mass is 232 g/mol. The maximum atomic E-state index is 12.5. The molecule has 0 unspecified atom stereocenters. The van der Waals surface area contributed by atoms with E-state index in [1.807, 2.05) is 0 Å². The maximum absolute atomic E-state index is 12.5. The van der Waals surface area contributed by atoms with Crippen molar-refractivity contribution in [1.82, 2.24) is 0 Å². The van der Waals surface area contributed by atoms with Gasteiger partial charge in [-0.15, -0.1) is 0 Å². The molecule has 0 aromatic heterocycles. The average Bonchev–Trinajstić information content (AvgIpc) is 2.35. The van der Waals surface area contributed by atoms with E-state index < -0.39 is 0 Å². The molecule has 0 aromatic rings. The first kappa shape index (κ1) is 11.2. The molecule has 17 heavy (non-hydrogen) atoms. The molecule has 0 heterocycles. The van der Waals surface area contributed by atoms with Gasteiger partial charge in [-0.3, -0.25) is 9.59 Å². The molecule has 3 aliphatic rings. The van der Waals surface area contributed by atoms with Gasteiger partial charge in [0, 0.05) is 23.7 Å². The third-order valence-electron chi connectivity index (χ3n) is 5.30. The van der Waals surface area contributed by atoms with Gasteiger partial charge in [-0.2, -0.15) is 0 Å². The highest BCUT2D eigenvalue weighted by Gasteiger charge is 2.64. The summed E-state index contributed by atoms with van der Waals surface area (Å²) < 4.78 is 0. The SMILES string of the molecule is CC1=C[C@H]2CC(C)(C)C(=O)[C@H]2[C@]2(C)CC(=O)[C@H]12. The number of carbonyl (C=O) groups excluding carboxylic acids is 2. The zero-order valence-electron chi connectivity index (χ0n) is 11.0. The molecule has 2 saturated carbocycles. The quantitative estimate of drug-likeness (QED) is 0.602. The Bertz CT molecular complexity index is 458. The number of rotatable bonds is 0. The van der Waals surface area contributed by atoms with Crippen LogP contribution in [0.5, 0.6) is 0 Å². The van der Waals surface area contributed by atoms with Crippen molar-refractivity contribution in [3.8, 4) is 0 Å². The second-order valence-electron chi connectivity index (χ2n) is 7.09. The number of allylic oxidation sites excluding steroid dienone is 2. The van der Waals surface area contributed by atoms with Crippen molar-refractivity contribution < 1.29 is 9.59 Å². The molecule has 2 fully saturated rings. The lowest BCUT2D eigenvalue weighted by Gasteiger charge is -2.53. The van der Waals surface area contributed by atoms with Crippen LogP contribution in [-0.2, 0) is 9.59 Å². The van der Waals surface area contributed by atoms with Crippen molar-refractivity contribution in [3.05, 3.63) is 11.6 Å². The van der Waals surface area contributed by atoms with Crippen molar-refractivity contribution >= 4 is 11.6 Å². The van der Waals surface area contributed by atoms with E-state index in [2.05, 4.69) is 33.8 Å². The number of ketones is 2. The normalized spacial score (nSPS) is 47.1. The average molecular weight is 232 g/mol. The van der Waals surface area contributed by atoms with Crippen LogP contribution in [0.1, 0.15) is 40.5 Å². The number of fused-ring (bicyclic) bond motifs is 3. The third-order valence-corrected chi connectivity index (χ3v) is 5.30. The molecule has 0 saturated heterocycles. The zero-order chi connectivity index (χ0) is 12.6. The standard InChI is InChI=1S/C15H20O2/c1-8-5-9-6-14(2,3)13(17)12(9)15(4)7-10(16)11(8)15/h5,9,11-12H,6-7H2,1-4H3/t9-,11-,12-,15+/m0/s1. The number of hydrogen-bond donors (Lipinski definition) is 0. The van der Waals surface area contributed by atoms with Crippen molar-refractivity contribution in [3.63, 3.8) is 0 Å². The summed E-state index contributed by atoms with van der Waals surface area (Å²) in [5.41, 5.74) is 0.921. The van der Waals surface area contributed by atoms with E-state index in [0.29, 0.717) is 23.9 Å². The molecule has 0 aromatic carbocycles. The largest absolute Gasteiger partial charge is 0.299 e. The summed E-state index contributed by atoms with van der Waals surface area (Å²) in [5, 5.41) is 0. The first-order valence-corrected chi connectivity index (χ1v) is 6.53. The molecule has 0 radical (unpaired) electrons. The Morgan fingerprint density at radius 1 is 1.24 bits per heavy atom. The van der Waals surface area contributed by atoms with Crippen molar-refractivity contribution in [2.45, 2.75) is 40.5 Å². The summed E-state index contributed by atoms with van der Waals surface area (Å²) in [6, 6.07) is 0. The van der Waals surface area contributed by atoms with Crippen LogP contribution < -0.4 is 0 Å². The van der Waals surface area contributed by atoms with Gasteiger partial charge in [0.05, 0.1) is 0 Å². The molecule has 2 heteroatoms. The summed E-state index contributed by atoms with van der Waals surface area (Å²) in [6.07, 6.45) is 3.76. The fourth-order valence-corrected chi connectivity index (χ4v) is 4.68. The minimum absolute atomic E-state index is 0.0293. The highest BCUT2D eigenvalue weighted by Crippen LogP contribution is 2.63. The van der Waals surface area contributed by atoms with E-state index in [1.54, 1.807) is 0 Å². The lowest BCUT2D eigenvalue weighted by molar-refractivity contribution is -0.150. The van der Waals surface area contributed by atoms with Crippen LogP contribution in [-0.4, -0.2) is 11.6 Å². The van der Waals surface area contributed by atoms with Gasteiger partial charge in [0.2, 0.25) is 0 Å². The predicted octanol–water partition coefficient (Wildman–Crippen LogP) is 2.77. The molecule has 0 aliphatic heterocycles. The summed E-state index contributed by atoms with van der Waals surface area (Å²) in [7, 11) is 0. The van der Waals surface area contributed by atoms with Crippen LogP contribution in [0.15, 0.2) is 11.6 Å². The fourth-order valence-electron chi connectivity index (χ4n) is 4.68. The lowest BCUT2D eigenvalue weighted by atomic mass is 9.47. The minimum Gasteiger partial charge on any atom is -0.299 e. The number of carbonyl (C=O) groups is 2. The number of hydrogen-bond acceptors (Lipinski definition) is 2. The predicted molar refractivity (Wildman–Crippen MR) is 65.4 cm³/mol. The second-order valence-corrected chi connectivity index (χ2v) is 7.09. The Morgan fingerprint density at radius 2 is 1.88 bits per heavy atom. The molecule has 92 valence electrons. The smallest absolute Gasteiger partial charge is 0.142 e. The van der Waals surface area contributed by atoms with Crippen LogP contribution >= 0.6 is 0 Å². The molecular weight excluding hydrogens is 212 g/mol. The van der Waals surface area contributed by atoms with E-state index in [1.165, 1.54) is 5.57 Å². The first-order valence-electron chi connectivity index (χ1n) is 6.53. The molecule has 3 rings (SSSR count). The molecule has 0 bridgehead atoms. The topological polar surface area (TPSA) is 34.1 Å². The highest BCUT2D eigenvalue weighted by atomic mass is 16.1. The Hall–Kier alpha value is -0.920. The Balaban J connectivity index is 2.09. The van der Waals surface area contributed by atoms with E-state index in [-0.39, 0.29) is 22.7 Å². The van der Waals surface area contributed by atoms with Gasteiger partial charge in [0.1, 0.15) is 11.6 Å². The summed E-state index contributed by atoms with van der Waals surface area (Å²) in [5.74, 6) is 1.20. The van der Waals surface area contributed by atoms with Gasteiger partial charge < -0.3 is 0 Å². The third kappa shape index (κ3) is 1.16. The summed E-state index contributed by atoms with van der Waals surface area (Å²) in [6.45, 7) is 8.31. The van der Waals surface area contributed by atoms with Crippen molar-refractivity contribution in [1.29, 1.82) is 0 Å². The van der Waals surface area contributed by atoms with Crippen LogP contribution in [0, 0.1) is 28.6 Å². The van der Waals surface area contributed by atoms with Crippen LogP contribution in [0.25, 0.3) is 0 Å². The lowest BCUT2D eigenvalue weighted by Crippen LogP contribution is -2.56. The van der Waals surface area contributed by atoms with Gasteiger partial charge in [-0.1, -0.05) is 32.4 Å². The second kappa shape index (κ2) is 2.90. The van der Waals surface area contributed by atoms with Gasteiger partial charge in [0.25, 0.3) is 0 Å². The molecule has 0 N–H and O–H groups in total. The van der Waals surface area contributed by atoms with Crippen LogP contribution in [0.4, 0.5) is 0 Å². The van der Waals surface area contributed by atoms with E-state index in [4.69, 9.17) is 0 Å². The molecule has 0 amide bonds.